The Balaban J connectivity index is 2.62. The standard InChI is InChI=1S/C12H10O/c1-11(13)7-5-6-10-12-8-3-2-4-9-12/h2-4,6,8-10H,1H3/b10-6+. The summed E-state index contributed by atoms with van der Waals surface area (Å²) in [7, 11) is 0. The predicted octanol–water partition coefficient (Wildman–Crippen LogP) is 2.29. The Kier molecular flexibility index (Phi) is 3.53. The molecule has 1 heteroatoms. The maximum atomic E-state index is 10.4. The number of hydrogen-bond acceptors (Lipinski definition) is 1. The van der Waals surface area contributed by atoms with Gasteiger partial charge < -0.3 is 0 Å². The second-order valence-electron chi connectivity index (χ2n) is 2.57. The molecule has 64 valence electrons. The summed E-state index contributed by atoms with van der Waals surface area (Å²) in [5, 5.41) is 0. The average molecular weight is 170 g/mol. The summed E-state index contributed by atoms with van der Waals surface area (Å²) in [6.45, 7) is 1.45. The van der Waals surface area contributed by atoms with Crippen LogP contribution in [0, 0.1) is 11.8 Å². The predicted molar refractivity (Wildman–Crippen MR) is 53.9 cm³/mol. The summed E-state index contributed by atoms with van der Waals surface area (Å²) >= 11 is 0. The smallest absolute Gasteiger partial charge is 0.202 e. The highest BCUT2D eigenvalue weighted by molar-refractivity contribution is 5.93. The number of benzene rings is 1. The molecular formula is C12H10O. The van der Waals surface area contributed by atoms with E-state index >= 15 is 0 Å². The minimum absolute atomic E-state index is 0.113. The Bertz CT molecular complexity index is 363. The summed E-state index contributed by atoms with van der Waals surface area (Å²) in [6.07, 6.45) is 3.55. The van der Waals surface area contributed by atoms with Crippen LogP contribution in [0.1, 0.15) is 12.5 Å². The van der Waals surface area contributed by atoms with Gasteiger partial charge in [-0.05, 0) is 23.6 Å². The number of Topliss-reactive ketones (excluding diaryl/α,β-unsaturated/α-hetero) is 1. The summed E-state index contributed by atoms with van der Waals surface area (Å²) in [6, 6.07) is 9.83. The van der Waals surface area contributed by atoms with Gasteiger partial charge in [-0.3, -0.25) is 4.79 Å². The molecule has 0 fully saturated rings. The van der Waals surface area contributed by atoms with Crippen LogP contribution in [0.3, 0.4) is 0 Å². The third kappa shape index (κ3) is 3.93. The molecule has 0 radical (unpaired) electrons. The number of ketones is 1. The summed E-state index contributed by atoms with van der Waals surface area (Å²) in [4.78, 5) is 10.4. The Morgan fingerprint density at radius 2 is 2.00 bits per heavy atom. The first-order valence-corrected chi connectivity index (χ1v) is 4.03. The highest BCUT2D eigenvalue weighted by atomic mass is 16.1. The van der Waals surface area contributed by atoms with Crippen molar-refractivity contribution in [1.29, 1.82) is 0 Å². The van der Waals surface area contributed by atoms with Gasteiger partial charge in [0.15, 0.2) is 0 Å². The Hall–Kier alpha value is -1.81. The number of allylic oxidation sites excluding steroid dienone is 1. The van der Waals surface area contributed by atoms with Crippen LogP contribution in [0.15, 0.2) is 36.4 Å². The molecule has 0 bridgehead atoms. The number of rotatable bonds is 1. The van der Waals surface area contributed by atoms with Gasteiger partial charge in [0.05, 0.1) is 0 Å². The molecule has 0 unspecified atom stereocenters. The summed E-state index contributed by atoms with van der Waals surface area (Å²) in [5.74, 6) is 4.98. The SMILES string of the molecule is CC(=O)C#C/C=C/c1ccccc1. The monoisotopic (exact) mass is 170 g/mol. The first-order chi connectivity index (χ1) is 6.29. The van der Waals surface area contributed by atoms with Crippen molar-refractivity contribution in [2.75, 3.05) is 0 Å². The molecule has 0 spiro atoms. The van der Waals surface area contributed by atoms with E-state index in [0.717, 1.165) is 5.56 Å². The highest BCUT2D eigenvalue weighted by Crippen LogP contribution is 1.99. The number of carbonyl (C=O) groups excluding carboxylic acids is 1. The maximum Gasteiger partial charge on any atom is 0.202 e. The van der Waals surface area contributed by atoms with Crippen molar-refractivity contribution in [3.63, 3.8) is 0 Å². The van der Waals surface area contributed by atoms with E-state index in [2.05, 4.69) is 11.8 Å². The number of hydrogen-bond donors (Lipinski definition) is 0. The van der Waals surface area contributed by atoms with Crippen molar-refractivity contribution >= 4 is 11.9 Å². The summed E-state index contributed by atoms with van der Waals surface area (Å²) < 4.78 is 0. The van der Waals surface area contributed by atoms with E-state index in [4.69, 9.17) is 0 Å². The molecule has 1 aromatic rings. The van der Waals surface area contributed by atoms with E-state index in [1.54, 1.807) is 6.08 Å². The minimum Gasteiger partial charge on any atom is -0.285 e. The lowest BCUT2D eigenvalue weighted by molar-refractivity contribution is -0.111. The van der Waals surface area contributed by atoms with E-state index in [1.807, 2.05) is 36.4 Å². The van der Waals surface area contributed by atoms with Crippen molar-refractivity contribution in [3.05, 3.63) is 42.0 Å². The Morgan fingerprint density at radius 3 is 2.62 bits per heavy atom. The van der Waals surface area contributed by atoms with Crippen molar-refractivity contribution in [3.8, 4) is 11.8 Å². The van der Waals surface area contributed by atoms with Crippen molar-refractivity contribution in [1.82, 2.24) is 0 Å². The molecule has 0 aliphatic heterocycles. The average Bonchev–Trinajstić information content (AvgIpc) is 2.14. The third-order valence-electron chi connectivity index (χ3n) is 1.41. The maximum absolute atomic E-state index is 10.4. The zero-order valence-corrected chi connectivity index (χ0v) is 7.45. The molecule has 0 saturated heterocycles. The van der Waals surface area contributed by atoms with E-state index < -0.39 is 0 Å². The Labute approximate surface area is 78.1 Å². The van der Waals surface area contributed by atoms with Gasteiger partial charge in [0.2, 0.25) is 5.78 Å². The van der Waals surface area contributed by atoms with Gasteiger partial charge in [-0.25, -0.2) is 0 Å². The van der Waals surface area contributed by atoms with Gasteiger partial charge in [-0.1, -0.05) is 36.3 Å². The molecule has 0 amide bonds. The lowest BCUT2D eigenvalue weighted by Crippen LogP contribution is -1.78. The zero-order chi connectivity index (χ0) is 9.52. The van der Waals surface area contributed by atoms with E-state index in [-0.39, 0.29) is 5.78 Å². The van der Waals surface area contributed by atoms with Crippen LogP contribution >= 0.6 is 0 Å². The molecule has 1 rings (SSSR count). The fourth-order valence-electron chi connectivity index (χ4n) is 0.845. The van der Waals surface area contributed by atoms with Crippen LogP contribution in [0.5, 0.6) is 0 Å². The Morgan fingerprint density at radius 1 is 1.31 bits per heavy atom. The first kappa shape index (κ1) is 9.28. The van der Waals surface area contributed by atoms with Gasteiger partial charge in [-0.15, -0.1) is 0 Å². The van der Waals surface area contributed by atoms with Gasteiger partial charge in [0.1, 0.15) is 0 Å². The lowest BCUT2D eigenvalue weighted by Gasteiger charge is -1.87. The third-order valence-corrected chi connectivity index (χ3v) is 1.41. The molecule has 0 heterocycles. The fraction of sp³-hybridized carbons (Fsp3) is 0.0833. The lowest BCUT2D eigenvalue weighted by atomic mass is 10.2. The van der Waals surface area contributed by atoms with Crippen molar-refractivity contribution in [2.24, 2.45) is 0 Å². The topological polar surface area (TPSA) is 17.1 Å². The van der Waals surface area contributed by atoms with E-state index in [9.17, 15) is 4.79 Å². The molecular weight excluding hydrogens is 160 g/mol. The van der Waals surface area contributed by atoms with E-state index in [0.29, 0.717) is 0 Å². The normalized spacial score (nSPS) is 9.31. The van der Waals surface area contributed by atoms with Gasteiger partial charge in [-0.2, -0.15) is 0 Å². The van der Waals surface area contributed by atoms with Gasteiger partial charge in [0, 0.05) is 6.92 Å². The number of carbonyl (C=O) groups is 1. The molecule has 0 atom stereocenters. The molecule has 0 saturated carbocycles. The molecule has 1 aromatic carbocycles. The van der Waals surface area contributed by atoms with Crippen LogP contribution in [-0.2, 0) is 4.79 Å². The fourth-order valence-corrected chi connectivity index (χ4v) is 0.845. The second kappa shape index (κ2) is 4.95. The molecule has 0 aromatic heterocycles. The highest BCUT2D eigenvalue weighted by Gasteiger charge is 1.80. The van der Waals surface area contributed by atoms with Crippen molar-refractivity contribution in [2.45, 2.75) is 6.92 Å². The molecule has 1 nitrogen and oxygen atoms in total. The van der Waals surface area contributed by atoms with Gasteiger partial charge >= 0.3 is 0 Å². The minimum atomic E-state index is -0.113. The van der Waals surface area contributed by atoms with Crippen LogP contribution in [0.25, 0.3) is 6.08 Å². The molecule has 13 heavy (non-hydrogen) atoms. The first-order valence-electron chi connectivity index (χ1n) is 4.03. The van der Waals surface area contributed by atoms with Crippen LogP contribution in [0.2, 0.25) is 0 Å². The molecule has 0 aliphatic rings. The van der Waals surface area contributed by atoms with Crippen molar-refractivity contribution < 1.29 is 4.79 Å². The quantitative estimate of drug-likeness (QED) is 0.467. The van der Waals surface area contributed by atoms with Crippen LogP contribution < -0.4 is 0 Å². The molecule has 0 aliphatic carbocycles. The van der Waals surface area contributed by atoms with Gasteiger partial charge in [0.25, 0.3) is 0 Å². The zero-order valence-electron chi connectivity index (χ0n) is 7.45. The largest absolute Gasteiger partial charge is 0.285 e. The molecule has 0 N–H and O–H groups in total. The van der Waals surface area contributed by atoms with Crippen LogP contribution in [-0.4, -0.2) is 5.78 Å². The van der Waals surface area contributed by atoms with E-state index in [1.165, 1.54) is 6.92 Å². The summed E-state index contributed by atoms with van der Waals surface area (Å²) in [5.41, 5.74) is 1.08. The van der Waals surface area contributed by atoms with Crippen LogP contribution in [0.4, 0.5) is 0 Å². The second-order valence-corrected chi connectivity index (χ2v) is 2.57.